The van der Waals surface area contributed by atoms with Gasteiger partial charge in [-0.05, 0) is 43.3 Å². The van der Waals surface area contributed by atoms with Crippen molar-refractivity contribution >= 4 is 10.9 Å². The van der Waals surface area contributed by atoms with Crippen molar-refractivity contribution in [1.82, 2.24) is 19.7 Å². The molecule has 0 saturated heterocycles. The van der Waals surface area contributed by atoms with E-state index in [2.05, 4.69) is 10.1 Å². The average Bonchev–Trinajstić information content (AvgIpc) is 3.23. The molecule has 4 rings (SSSR count). The number of aromatic nitrogens is 4. The quantitative estimate of drug-likeness (QED) is 0.423. The number of hydrogen-bond donors (Lipinski definition) is 2. The topological polar surface area (TPSA) is 108 Å². The summed E-state index contributed by atoms with van der Waals surface area (Å²) in [6, 6.07) is 15.0. The molecule has 0 bridgehead atoms. The lowest BCUT2D eigenvalue weighted by Gasteiger charge is -2.12. The molecule has 0 amide bonds. The van der Waals surface area contributed by atoms with Gasteiger partial charge in [0.2, 0.25) is 0 Å². The molecule has 3 N–H and O–H groups in total. The zero-order chi connectivity index (χ0) is 21.8. The first-order valence-corrected chi connectivity index (χ1v) is 10.0. The monoisotopic (exact) mass is 419 g/mol. The minimum absolute atomic E-state index is 0.141. The summed E-state index contributed by atoms with van der Waals surface area (Å²) >= 11 is 0. The van der Waals surface area contributed by atoms with Crippen molar-refractivity contribution in [2.75, 3.05) is 20.3 Å². The third kappa shape index (κ3) is 4.41. The van der Waals surface area contributed by atoms with E-state index < -0.39 is 0 Å². The lowest BCUT2D eigenvalue weighted by molar-refractivity contribution is 0.147. The average molecular weight is 419 g/mol. The molecule has 8 heteroatoms. The van der Waals surface area contributed by atoms with Gasteiger partial charge in [-0.3, -0.25) is 4.98 Å². The first-order chi connectivity index (χ1) is 15.1. The molecule has 160 valence electrons. The van der Waals surface area contributed by atoms with Gasteiger partial charge in [0.05, 0.1) is 47.4 Å². The van der Waals surface area contributed by atoms with Crippen LogP contribution < -0.4 is 10.5 Å². The number of nitrogens with zero attached hydrogens (tertiary/aromatic N) is 4. The molecule has 0 spiro atoms. The normalized spacial score (nSPS) is 12.3. The molecular formula is C23H25N5O3. The Labute approximate surface area is 180 Å². The highest BCUT2D eigenvalue weighted by Gasteiger charge is 2.15. The Balaban J connectivity index is 1.87. The number of methoxy groups -OCH3 is 1. The van der Waals surface area contributed by atoms with E-state index in [0.717, 1.165) is 27.9 Å². The molecule has 1 atom stereocenters. The fourth-order valence-electron chi connectivity index (χ4n) is 3.32. The second-order valence-corrected chi connectivity index (χ2v) is 7.19. The molecule has 3 heterocycles. The van der Waals surface area contributed by atoms with Gasteiger partial charge in [0.15, 0.2) is 5.82 Å². The van der Waals surface area contributed by atoms with E-state index in [0.29, 0.717) is 30.5 Å². The number of aliphatic hydroxyl groups is 1. The van der Waals surface area contributed by atoms with E-state index in [1.54, 1.807) is 24.1 Å². The Morgan fingerprint density at radius 1 is 1.10 bits per heavy atom. The number of aliphatic hydroxyl groups excluding tert-OH is 1. The third-order valence-electron chi connectivity index (χ3n) is 4.90. The van der Waals surface area contributed by atoms with Gasteiger partial charge >= 0.3 is 0 Å². The Hall–Kier alpha value is -3.33. The molecule has 0 aliphatic heterocycles. The summed E-state index contributed by atoms with van der Waals surface area (Å²) in [5.74, 6) is 1.29. The van der Waals surface area contributed by atoms with Gasteiger partial charge in [0, 0.05) is 18.7 Å². The van der Waals surface area contributed by atoms with Crippen LogP contribution in [0.4, 0.5) is 0 Å². The van der Waals surface area contributed by atoms with Crippen LogP contribution in [0.3, 0.4) is 0 Å². The zero-order valence-corrected chi connectivity index (χ0v) is 17.5. The maximum atomic E-state index is 9.46. The molecule has 31 heavy (non-hydrogen) atoms. The van der Waals surface area contributed by atoms with Crippen molar-refractivity contribution in [3.05, 3.63) is 66.1 Å². The molecule has 0 radical (unpaired) electrons. The summed E-state index contributed by atoms with van der Waals surface area (Å²) in [5, 5.41) is 14.8. The van der Waals surface area contributed by atoms with E-state index >= 15 is 0 Å². The number of benzene rings is 1. The number of rotatable bonds is 8. The SMILES string of the molecule is COCCOc1cc(-c2cccc(C(C)N)n2)cc2c1cnn2-c1cccc(CO)n1. The van der Waals surface area contributed by atoms with Crippen molar-refractivity contribution in [3.63, 3.8) is 0 Å². The van der Waals surface area contributed by atoms with Crippen LogP contribution in [0.1, 0.15) is 24.4 Å². The van der Waals surface area contributed by atoms with E-state index in [4.69, 9.17) is 20.2 Å². The fraction of sp³-hybridized carbons (Fsp3) is 0.261. The standard InChI is InChI=1S/C23H25N5O3/c1-15(24)19-6-4-7-20(27-19)16-11-21-18(22(12-16)31-10-9-30-2)13-25-28(21)23-8-3-5-17(14-29)26-23/h3-8,11-13,15,29H,9-10,14,24H2,1-2H3. The Bertz CT molecular complexity index is 1190. The molecule has 1 aromatic carbocycles. The fourth-order valence-corrected chi connectivity index (χ4v) is 3.32. The van der Waals surface area contributed by atoms with Crippen LogP contribution in [-0.4, -0.2) is 45.2 Å². The summed E-state index contributed by atoms with van der Waals surface area (Å²) in [4.78, 5) is 9.20. The van der Waals surface area contributed by atoms with Gasteiger partial charge in [0.25, 0.3) is 0 Å². The summed E-state index contributed by atoms with van der Waals surface area (Å²) < 4.78 is 12.9. The number of pyridine rings is 2. The van der Waals surface area contributed by atoms with Crippen molar-refractivity contribution in [2.45, 2.75) is 19.6 Å². The molecule has 0 aliphatic rings. The minimum Gasteiger partial charge on any atom is -0.490 e. The van der Waals surface area contributed by atoms with Gasteiger partial charge in [-0.1, -0.05) is 12.1 Å². The van der Waals surface area contributed by atoms with Crippen LogP contribution in [0, 0.1) is 0 Å². The molecule has 3 aromatic heterocycles. The summed E-state index contributed by atoms with van der Waals surface area (Å²) in [6.07, 6.45) is 1.75. The summed E-state index contributed by atoms with van der Waals surface area (Å²) in [7, 11) is 1.64. The molecule has 4 aromatic rings. The van der Waals surface area contributed by atoms with Crippen LogP contribution in [0.5, 0.6) is 5.75 Å². The predicted octanol–water partition coefficient (Wildman–Crippen LogP) is 3.02. The lowest BCUT2D eigenvalue weighted by atomic mass is 10.1. The van der Waals surface area contributed by atoms with Crippen LogP contribution in [-0.2, 0) is 11.3 Å². The van der Waals surface area contributed by atoms with E-state index in [9.17, 15) is 5.11 Å². The van der Waals surface area contributed by atoms with E-state index in [1.165, 1.54) is 0 Å². The van der Waals surface area contributed by atoms with Gasteiger partial charge in [-0.2, -0.15) is 5.10 Å². The van der Waals surface area contributed by atoms with Gasteiger partial charge in [-0.25, -0.2) is 9.67 Å². The number of nitrogens with two attached hydrogens (primary N) is 1. The van der Waals surface area contributed by atoms with Crippen molar-refractivity contribution in [3.8, 4) is 22.8 Å². The van der Waals surface area contributed by atoms with Crippen molar-refractivity contribution in [1.29, 1.82) is 0 Å². The molecular weight excluding hydrogens is 394 g/mol. The Morgan fingerprint density at radius 2 is 1.94 bits per heavy atom. The molecule has 0 fully saturated rings. The highest BCUT2D eigenvalue weighted by atomic mass is 16.5. The van der Waals surface area contributed by atoms with Crippen molar-refractivity contribution < 1.29 is 14.6 Å². The van der Waals surface area contributed by atoms with E-state index in [-0.39, 0.29) is 12.6 Å². The Morgan fingerprint density at radius 3 is 2.71 bits per heavy atom. The van der Waals surface area contributed by atoms with Crippen LogP contribution in [0.25, 0.3) is 28.0 Å². The van der Waals surface area contributed by atoms with Gasteiger partial charge in [-0.15, -0.1) is 0 Å². The Kier molecular flexibility index (Phi) is 6.22. The zero-order valence-electron chi connectivity index (χ0n) is 17.5. The molecule has 8 nitrogen and oxygen atoms in total. The lowest BCUT2D eigenvalue weighted by Crippen LogP contribution is -2.07. The van der Waals surface area contributed by atoms with Crippen LogP contribution >= 0.6 is 0 Å². The molecule has 0 aliphatic carbocycles. The summed E-state index contributed by atoms with van der Waals surface area (Å²) in [6.45, 7) is 2.64. The number of ether oxygens (including phenoxy) is 2. The summed E-state index contributed by atoms with van der Waals surface area (Å²) in [5.41, 5.74) is 9.90. The second-order valence-electron chi connectivity index (χ2n) is 7.19. The first kappa shape index (κ1) is 20.9. The van der Waals surface area contributed by atoms with E-state index in [1.807, 2.05) is 49.4 Å². The first-order valence-electron chi connectivity index (χ1n) is 10.0. The van der Waals surface area contributed by atoms with Gasteiger partial charge < -0.3 is 20.3 Å². The molecule has 1 unspecified atom stereocenters. The highest BCUT2D eigenvalue weighted by molar-refractivity contribution is 5.90. The largest absolute Gasteiger partial charge is 0.490 e. The highest BCUT2D eigenvalue weighted by Crippen LogP contribution is 2.33. The number of fused-ring (bicyclic) bond motifs is 1. The van der Waals surface area contributed by atoms with Crippen LogP contribution in [0.2, 0.25) is 0 Å². The van der Waals surface area contributed by atoms with Crippen LogP contribution in [0.15, 0.2) is 54.7 Å². The minimum atomic E-state index is -0.169. The second kappa shape index (κ2) is 9.22. The predicted molar refractivity (Wildman–Crippen MR) is 118 cm³/mol. The smallest absolute Gasteiger partial charge is 0.154 e. The van der Waals surface area contributed by atoms with Crippen molar-refractivity contribution in [2.24, 2.45) is 5.73 Å². The molecule has 0 saturated carbocycles. The maximum Gasteiger partial charge on any atom is 0.154 e. The van der Waals surface area contributed by atoms with Gasteiger partial charge in [0.1, 0.15) is 12.4 Å². The number of hydrogen-bond acceptors (Lipinski definition) is 7. The maximum absolute atomic E-state index is 9.46. The third-order valence-corrected chi connectivity index (χ3v) is 4.90.